The molecule has 0 spiro atoms. The van der Waals surface area contributed by atoms with Crippen LogP contribution in [0.5, 0.6) is 0 Å². The van der Waals surface area contributed by atoms with Crippen LogP contribution in [0.1, 0.15) is 20.8 Å². The molecule has 0 amide bonds. The van der Waals surface area contributed by atoms with Crippen molar-refractivity contribution in [3.05, 3.63) is 65.2 Å². The molecule has 1 N–H and O–H groups in total. The topological polar surface area (TPSA) is 12.0 Å². The second-order valence-electron chi connectivity index (χ2n) is 5.17. The zero-order valence-electron chi connectivity index (χ0n) is 10.5. The third-order valence-electron chi connectivity index (χ3n) is 2.65. The van der Waals surface area contributed by atoms with Gasteiger partial charge >= 0.3 is 0 Å². The Balaban J connectivity index is 2.22. The van der Waals surface area contributed by atoms with Crippen LogP contribution < -0.4 is 5.32 Å². The van der Waals surface area contributed by atoms with E-state index in [9.17, 15) is 0 Å². The van der Waals surface area contributed by atoms with Crippen molar-refractivity contribution in [2.45, 2.75) is 20.8 Å². The van der Waals surface area contributed by atoms with E-state index in [-0.39, 0.29) is 5.41 Å². The summed E-state index contributed by atoms with van der Waals surface area (Å²) in [5, 5.41) is 3.33. The number of hydrogen-bond acceptors (Lipinski definition) is 1. The Morgan fingerprint density at radius 3 is 2.41 bits per heavy atom. The molecule has 0 aromatic heterocycles. The summed E-state index contributed by atoms with van der Waals surface area (Å²) >= 11 is 0. The van der Waals surface area contributed by atoms with Crippen molar-refractivity contribution < 1.29 is 0 Å². The van der Waals surface area contributed by atoms with E-state index in [1.807, 2.05) is 36.4 Å². The maximum atomic E-state index is 3.33. The first kappa shape index (κ1) is 11.5. The van der Waals surface area contributed by atoms with Gasteiger partial charge in [-0.2, -0.15) is 0 Å². The molecule has 0 saturated carbocycles. The van der Waals surface area contributed by atoms with Crippen molar-refractivity contribution in [2.75, 3.05) is 5.32 Å². The van der Waals surface area contributed by atoms with Crippen molar-refractivity contribution >= 4 is 5.69 Å². The van der Waals surface area contributed by atoms with Crippen LogP contribution in [-0.2, 0) is 0 Å². The lowest BCUT2D eigenvalue weighted by molar-refractivity contribution is 0.516. The molecule has 0 bridgehead atoms. The molecule has 0 saturated heterocycles. The molecule has 2 rings (SSSR count). The quantitative estimate of drug-likeness (QED) is 0.738. The van der Waals surface area contributed by atoms with E-state index in [0.29, 0.717) is 0 Å². The standard InChI is InChI=1S/C16H17N/c1-16(2,3)13-8-7-11-15(12-13)17-14-9-5-4-6-10-14/h4-6,8-10,12,17H,1-3H3. The minimum Gasteiger partial charge on any atom is -0.349 e. The van der Waals surface area contributed by atoms with Gasteiger partial charge in [0.1, 0.15) is 0 Å². The van der Waals surface area contributed by atoms with Gasteiger partial charge in [0.05, 0.1) is 5.70 Å². The first-order chi connectivity index (χ1) is 8.05. The van der Waals surface area contributed by atoms with E-state index in [0.717, 1.165) is 11.4 Å². The van der Waals surface area contributed by atoms with Gasteiger partial charge in [-0.15, -0.1) is 0 Å². The maximum Gasteiger partial charge on any atom is 0.0904 e. The highest BCUT2D eigenvalue weighted by Gasteiger charge is 2.16. The Morgan fingerprint density at radius 2 is 1.76 bits per heavy atom. The van der Waals surface area contributed by atoms with Crippen LogP contribution in [0, 0.1) is 5.41 Å². The molecule has 0 heterocycles. The molecule has 17 heavy (non-hydrogen) atoms. The molecule has 86 valence electrons. The van der Waals surface area contributed by atoms with Crippen molar-refractivity contribution in [2.24, 2.45) is 5.41 Å². The lowest BCUT2D eigenvalue weighted by Crippen LogP contribution is -2.10. The number of para-hydroxylation sites is 1. The highest BCUT2D eigenvalue weighted by molar-refractivity contribution is 5.52. The number of nitrogens with one attached hydrogen (secondary N) is 1. The molecule has 0 radical (unpaired) electrons. The van der Waals surface area contributed by atoms with Gasteiger partial charge in [0.25, 0.3) is 0 Å². The summed E-state index contributed by atoms with van der Waals surface area (Å²) < 4.78 is 0. The van der Waals surface area contributed by atoms with Crippen LogP contribution in [0.2, 0.25) is 0 Å². The second-order valence-corrected chi connectivity index (χ2v) is 5.17. The Hall–Kier alpha value is -1.94. The minimum absolute atomic E-state index is 0.138. The third-order valence-corrected chi connectivity index (χ3v) is 2.65. The van der Waals surface area contributed by atoms with Crippen LogP contribution in [0.25, 0.3) is 0 Å². The van der Waals surface area contributed by atoms with Crippen LogP contribution in [0.4, 0.5) is 5.69 Å². The van der Waals surface area contributed by atoms with E-state index >= 15 is 0 Å². The number of anilines is 1. The molecule has 1 heteroatoms. The van der Waals surface area contributed by atoms with Gasteiger partial charge in [0, 0.05) is 5.69 Å². The highest BCUT2D eigenvalue weighted by Crippen LogP contribution is 2.28. The van der Waals surface area contributed by atoms with Crippen LogP contribution >= 0.6 is 0 Å². The highest BCUT2D eigenvalue weighted by atomic mass is 14.9. The fourth-order valence-electron chi connectivity index (χ4n) is 1.60. The third kappa shape index (κ3) is 3.01. The van der Waals surface area contributed by atoms with Gasteiger partial charge in [-0.3, -0.25) is 0 Å². The van der Waals surface area contributed by atoms with Gasteiger partial charge in [-0.1, -0.05) is 44.7 Å². The molecule has 1 aliphatic carbocycles. The number of rotatable bonds is 2. The molecule has 0 unspecified atom stereocenters. The smallest absolute Gasteiger partial charge is 0.0904 e. The first-order valence-corrected chi connectivity index (χ1v) is 5.82. The fourth-order valence-corrected chi connectivity index (χ4v) is 1.60. The van der Waals surface area contributed by atoms with Crippen molar-refractivity contribution in [1.82, 2.24) is 0 Å². The van der Waals surface area contributed by atoms with Crippen LogP contribution in [0.3, 0.4) is 0 Å². The summed E-state index contributed by atoms with van der Waals surface area (Å²) in [6.07, 6.45) is 4.12. The van der Waals surface area contributed by atoms with E-state index in [2.05, 4.69) is 43.6 Å². The Kier molecular flexibility index (Phi) is 3.06. The lowest BCUT2D eigenvalue weighted by Gasteiger charge is -2.21. The molecular weight excluding hydrogens is 206 g/mol. The van der Waals surface area contributed by atoms with Crippen molar-refractivity contribution in [3.8, 4) is 0 Å². The molecule has 1 aliphatic rings. The molecule has 0 aliphatic heterocycles. The number of hydrogen-bond donors (Lipinski definition) is 1. The Bertz CT molecular complexity index is 529. The van der Waals surface area contributed by atoms with Gasteiger partial charge in [-0.25, -0.2) is 0 Å². The first-order valence-electron chi connectivity index (χ1n) is 5.82. The van der Waals surface area contributed by atoms with Gasteiger partial charge < -0.3 is 5.32 Å². The molecule has 0 fully saturated rings. The average molecular weight is 223 g/mol. The van der Waals surface area contributed by atoms with E-state index in [4.69, 9.17) is 0 Å². The van der Waals surface area contributed by atoms with Gasteiger partial charge in [-0.05, 0) is 41.0 Å². The predicted octanol–water partition coefficient (Wildman–Crippen LogP) is 4.28. The Labute approximate surface area is 103 Å². The maximum absolute atomic E-state index is 3.33. The van der Waals surface area contributed by atoms with E-state index in [1.165, 1.54) is 5.57 Å². The normalized spacial score (nSPS) is 14.3. The summed E-state index contributed by atoms with van der Waals surface area (Å²) in [6, 6.07) is 10.1. The van der Waals surface area contributed by atoms with Crippen LogP contribution in [-0.4, -0.2) is 0 Å². The molecule has 1 nitrogen and oxygen atoms in total. The average Bonchev–Trinajstić information content (AvgIpc) is 2.29. The summed E-state index contributed by atoms with van der Waals surface area (Å²) in [5.41, 5.74) is 9.59. The SMILES string of the molecule is CC(C)(C)C1=CC(Nc2ccccc2)=C=C=C1. The monoisotopic (exact) mass is 223 g/mol. The lowest BCUT2D eigenvalue weighted by atomic mass is 9.85. The Morgan fingerprint density at radius 1 is 1.06 bits per heavy atom. The minimum atomic E-state index is 0.138. The van der Waals surface area contributed by atoms with Gasteiger partial charge in [0.2, 0.25) is 0 Å². The van der Waals surface area contributed by atoms with Crippen molar-refractivity contribution in [1.29, 1.82) is 0 Å². The second kappa shape index (κ2) is 4.51. The molecule has 0 atom stereocenters. The molecular formula is C16H17N. The zero-order chi connectivity index (χ0) is 12.3. The summed E-state index contributed by atoms with van der Waals surface area (Å²) in [6.45, 7) is 6.59. The summed E-state index contributed by atoms with van der Waals surface area (Å²) in [4.78, 5) is 0. The predicted molar refractivity (Wildman–Crippen MR) is 72.7 cm³/mol. The fraction of sp³-hybridized carbons (Fsp3) is 0.250. The number of benzene rings is 1. The summed E-state index contributed by atoms with van der Waals surface area (Å²) in [5.74, 6) is 0. The zero-order valence-corrected chi connectivity index (χ0v) is 10.5. The van der Waals surface area contributed by atoms with E-state index in [1.54, 1.807) is 0 Å². The summed E-state index contributed by atoms with van der Waals surface area (Å²) in [7, 11) is 0. The molecule has 1 aromatic carbocycles. The number of allylic oxidation sites excluding steroid dienone is 3. The molecule has 1 aromatic rings. The van der Waals surface area contributed by atoms with Crippen molar-refractivity contribution in [3.63, 3.8) is 0 Å². The largest absolute Gasteiger partial charge is 0.349 e. The van der Waals surface area contributed by atoms with E-state index < -0.39 is 0 Å². The van der Waals surface area contributed by atoms with Crippen LogP contribution in [0.15, 0.2) is 65.2 Å². The van der Waals surface area contributed by atoms with Gasteiger partial charge in [0.15, 0.2) is 0 Å².